The minimum absolute atomic E-state index is 0.0457. The second kappa shape index (κ2) is 9.11. The lowest BCUT2D eigenvalue weighted by molar-refractivity contribution is 0.340. The number of hydrogen-bond donors (Lipinski definition) is 0. The van der Waals surface area contributed by atoms with Crippen LogP contribution < -0.4 is 16.0 Å². The van der Waals surface area contributed by atoms with E-state index in [1.165, 1.54) is 20.5 Å². The van der Waals surface area contributed by atoms with Gasteiger partial charge in [-0.2, -0.15) is 4.98 Å². The second-order valence-corrected chi connectivity index (χ2v) is 8.74. The number of aryl methyl sites for hydroxylation is 1. The van der Waals surface area contributed by atoms with Gasteiger partial charge >= 0.3 is 5.69 Å². The van der Waals surface area contributed by atoms with Gasteiger partial charge in [-0.05, 0) is 43.0 Å². The molecule has 172 valence electrons. The zero-order chi connectivity index (χ0) is 23.7. The highest BCUT2D eigenvalue weighted by Crippen LogP contribution is 2.27. The number of ether oxygens (including phenoxy) is 1. The average Bonchev–Trinajstić information content (AvgIpc) is 3.51. The molecule has 5 aromatic rings. The monoisotopic (exact) mass is 474 g/mol. The molecule has 3 aromatic heterocycles. The smallest absolute Gasteiger partial charge is 0.332 e. The van der Waals surface area contributed by atoms with Crippen molar-refractivity contribution in [3.8, 4) is 17.1 Å². The maximum absolute atomic E-state index is 13.4. The van der Waals surface area contributed by atoms with Crippen LogP contribution in [0.1, 0.15) is 23.9 Å². The molecular formula is C25H22N4O4S. The fourth-order valence-electron chi connectivity index (χ4n) is 3.80. The Morgan fingerprint density at radius 2 is 1.79 bits per heavy atom. The summed E-state index contributed by atoms with van der Waals surface area (Å²) in [5.41, 5.74) is 2.51. The molecule has 0 saturated heterocycles. The molecule has 0 aliphatic carbocycles. The Morgan fingerprint density at radius 3 is 2.59 bits per heavy atom. The molecule has 0 unspecified atom stereocenters. The quantitative estimate of drug-likeness (QED) is 0.353. The Labute approximate surface area is 198 Å². The molecule has 34 heavy (non-hydrogen) atoms. The molecule has 0 atom stereocenters. The molecule has 0 aliphatic rings. The van der Waals surface area contributed by atoms with Gasteiger partial charge in [0.25, 0.3) is 5.56 Å². The van der Waals surface area contributed by atoms with Crippen LogP contribution in [0.25, 0.3) is 21.6 Å². The van der Waals surface area contributed by atoms with Crippen molar-refractivity contribution in [2.75, 3.05) is 6.61 Å². The van der Waals surface area contributed by atoms with Gasteiger partial charge < -0.3 is 9.26 Å². The summed E-state index contributed by atoms with van der Waals surface area (Å²) in [7, 11) is 0. The second-order valence-electron chi connectivity index (χ2n) is 7.82. The third-order valence-electron chi connectivity index (χ3n) is 5.49. The largest absolute Gasteiger partial charge is 0.493 e. The first-order valence-electron chi connectivity index (χ1n) is 10.9. The molecule has 2 aromatic carbocycles. The molecular weight excluding hydrogens is 452 g/mol. The van der Waals surface area contributed by atoms with Crippen molar-refractivity contribution in [1.29, 1.82) is 0 Å². The highest BCUT2D eigenvalue weighted by atomic mass is 32.1. The Balaban J connectivity index is 1.54. The Kier molecular flexibility index (Phi) is 5.85. The molecule has 0 fully saturated rings. The minimum Gasteiger partial charge on any atom is -0.493 e. The third kappa shape index (κ3) is 4.06. The fourth-order valence-corrected chi connectivity index (χ4v) is 4.64. The predicted octanol–water partition coefficient (Wildman–Crippen LogP) is 4.08. The van der Waals surface area contributed by atoms with Crippen LogP contribution in [0.15, 0.2) is 74.1 Å². The molecule has 0 radical (unpaired) electrons. The van der Waals surface area contributed by atoms with Gasteiger partial charge in [0, 0.05) is 0 Å². The van der Waals surface area contributed by atoms with Crippen LogP contribution in [0.4, 0.5) is 0 Å². The SMILES string of the molecule is CCOc1ccccc1-c1noc(Cn2c(=O)n(Cc3ccc(C)cc3)c(=O)c3sccc32)n1. The number of hydrogen-bond acceptors (Lipinski definition) is 7. The first-order valence-corrected chi connectivity index (χ1v) is 11.7. The lowest BCUT2D eigenvalue weighted by Gasteiger charge is -2.11. The van der Waals surface area contributed by atoms with Crippen LogP contribution in [-0.2, 0) is 13.1 Å². The van der Waals surface area contributed by atoms with E-state index < -0.39 is 5.69 Å². The molecule has 5 rings (SSSR count). The van der Waals surface area contributed by atoms with E-state index in [1.54, 1.807) is 11.4 Å². The van der Waals surface area contributed by atoms with E-state index >= 15 is 0 Å². The molecule has 0 spiro atoms. The predicted molar refractivity (Wildman–Crippen MR) is 131 cm³/mol. The highest BCUT2D eigenvalue weighted by molar-refractivity contribution is 7.17. The highest BCUT2D eigenvalue weighted by Gasteiger charge is 2.18. The van der Waals surface area contributed by atoms with Crippen molar-refractivity contribution < 1.29 is 9.26 Å². The van der Waals surface area contributed by atoms with Crippen molar-refractivity contribution in [2.24, 2.45) is 0 Å². The van der Waals surface area contributed by atoms with Crippen molar-refractivity contribution in [3.05, 3.63) is 97.8 Å². The maximum atomic E-state index is 13.4. The van der Waals surface area contributed by atoms with Gasteiger partial charge in [0.2, 0.25) is 11.7 Å². The van der Waals surface area contributed by atoms with Crippen LogP contribution in [-0.4, -0.2) is 25.9 Å². The van der Waals surface area contributed by atoms with E-state index in [9.17, 15) is 9.59 Å². The van der Waals surface area contributed by atoms with Crippen molar-refractivity contribution in [2.45, 2.75) is 26.9 Å². The maximum Gasteiger partial charge on any atom is 0.332 e. The average molecular weight is 475 g/mol. The van der Waals surface area contributed by atoms with Crippen molar-refractivity contribution >= 4 is 21.6 Å². The van der Waals surface area contributed by atoms with Crippen LogP contribution in [0, 0.1) is 6.92 Å². The number of para-hydroxylation sites is 1. The number of aromatic nitrogens is 4. The molecule has 9 heteroatoms. The van der Waals surface area contributed by atoms with E-state index in [4.69, 9.17) is 9.26 Å². The molecule has 0 N–H and O–H groups in total. The molecule has 3 heterocycles. The van der Waals surface area contributed by atoms with Gasteiger partial charge in [0.05, 0.1) is 24.2 Å². The molecule has 0 saturated carbocycles. The van der Waals surface area contributed by atoms with Crippen molar-refractivity contribution in [1.82, 2.24) is 19.3 Å². The number of nitrogens with zero attached hydrogens (tertiary/aromatic N) is 4. The van der Waals surface area contributed by atoms with Crippen LogP contribution in [0.5, 0.6) is 5.75 Å². The Morgan fingerprint density at radius 1 is 1.00 bits per heavy atom. The summed E-state index contributed by atoms with van der Waals surface area (Å²) in [6.45, 7) is 4.64. The number of rotatable bonds is 7. The van der Waals surface area contributed by atoms with Gasteiger partial charge in [-0.1, -0.05) is 47.1 Å². The van der Waals surface area contributed by atoms with Crippen LogP contribution in [0.3, 0.4) is 0 Å². The Bertz CT molecular complexity index is 1580. The first kappa shape index (κ1) is 21.8. The topological polar surface area (TPSA) is 92.2 Å². The fraction of sp³-hybridized carbons (Fsp3) is 0.200. The Hall–Kier alpha value is -3.98. The summed E-state index contributed by atoms with van der Waals surface area (Å²) >= 11 is 1.31. The molecule has 8 nitrogen and oxygen atoms in total. The van der Waals surface area contributed by atoms with E-state index in [1.807, 2.05) is 62.4 Å². The number of fused-ring (bicyclic) bond motifs is 1. The zero-order valence-electron chi connectivity index (χ0n) is 18.7. The summed E-state index contributed by atoms with van der Waals surface area (Å²) in [6, 6.07) is 17.0. The van der Waals surface area contributed by atoms with Gasteiger partial charge in [-0.15, -0.1) is 11.3 Å². The first-order chi connectivity index (χ1) is 16.5. The molecule has 0 aliphatic heterocycles. The summed E-state index contributed by atoms with van der Waals surface area (Å²) in [4.78, 5) is 31.0. The summed E-state index contributed by atoms with van der Waals surface area (Å²) in [5, 5.41) is 5.89. The summed E-state index contributed by atoms with van der Waals surface area (Å²) < 4.78 is 14.4. The van der Waals surface area contributed by atoms with Gasteiger partial charge in [-0.25, -0.2) is 4.79 Å². The van der Waals surface area contributed by atoms with Crippen LogP contribution in [0.2, 0.25) is 0 Å². The lowest BCUT2D eigenvalue weighted by Crippen LogP contribution is -2.40. The third-order valence-corrected chi connectivity index (χ3v) is 6.38. The standard InChI is InChI=1S/C25H22N4O4S/c1-3-32-20-7-5-4-6-18(20)23-26-21(33-27-23)15-28-19-12-13-34-22(19)24(30)29(25(28)31)14-17-10-8-16(2)9-11-17/h4-13H,3,14-15H2,1-2H3. The minimum atomic E-state index is -0.425. The normalized spacial score (nSPS) is 11.2. The number of thiophene rings is 1. The van der Waals surface area contributed by atoms with Crippen LogP contribution >= 0.6 is 11.3 Å². The molecule has 0 bridgehead atoms. The zero-order valence-corrected chi connectivity index (χ0v) is 19.5. The summed E-state index contributed by atoms with van der Waals surface area (Å²) in [5.74, 6) is 1.29. The van der Waals surface area contributed by atoms with E-state index in [-0.39, 0.29) is 24.5 Å². The summed E-state index contributed by atoms with van der Waals surface area (Å²) in [6.07, 6.45) is 0. The van der Waals surface area contributed by atoms with E-state index in [0.29, 0.717) is 34.0 Å². The van der Waals surface area contributed by atoms with E-state index in [0.717, 1.165) is 11.1 Å². The lowest BCUT2D eigenvalue weighted by atomic mass is 10.1. The van der Waals surface area contributed by atoms with Crippen molar-refractivity contribution in [3.63, 3.8) is 0 Å². The van der Waals surface area contributed by atoms with Gasteiger partial charge in [-0.3, -0.25) is 13.9 Å². The van der Waals surface area contributed by atoms with E-state index in [2.05, 4.69) is 10.1 Å². The number of benzene rings is 2. The van der Waals surface area contributed by atoms with Gasteiger partial charge in [0.1, 0.15) is 17.0 Å². The van der Waals surface area contributed by atoms with Gasteiger partial charge in [0.15, 0.2) is 0 Å². The molecule has 0 amide bonds.